The normalized spacial score (nSPS) is 15.5. The van der Waals surface area contributed by atoms with Crippen LogP contribution in [-0.2, 0) is 6.42 Å². The molecule has 2 rings (SSSR count). The van der Waals surface area contributed by atoms with Crippen molar-refractivity contribution in [3.05, 3.63) is 29.8 Å². The summed E-state index contributed by atoms with van der Waals surface area (Å²) in [5.41, 5.74) is 2.90. The molecule has 0 amide bonds. The van der Waals surface area contributed by atoms with Crippen molar-refractivity contribution in [2.75, 3.05) is 22.4 Å². The van der Waals surface area contributed by atoms with Crippen LogP contribution in [0, 0.1) is 0 Å². The van der Waals surface area contributed by atoms with Gasteiger partial charge in [0.05, 0.1) is 0 Å². The first-order chi connectivity index (χ1) is 7.90. The predicted octanol–water partition coefficient (Wildman–Crippen LogP) is 3.22. The fourth-order valence-corrected chi connectivity index (χ4v) is 2.68. The van der Waals surface area contributed by atoms with Crippen LogP contribution in [0.3, 0.4) is 0 Å². The molecule has 1 aliphatic rings. The summed E-state index contributed by atoms with van der Waals surface area (Å²) in [6, 6.07) is 9.20. The van der Waals surface area contributed by atoms with Gasteiger partial charge in [-0.2, -0.15) is 0 Å². The molecule has 1 aromatic carbocycles. The van der Waals surface area contributed by atoms with Crippen molar-refractivity contribution in [1.82, 2.24) is 0 Å². The maximum absolute atomic E-state index is 2.52. The van der Waals surface area contributed by atoms with E-state index < -0.39 is 0 Å². The quantitative estimate of drug-likeness (QED) is 0.608. The van der Waals surface area contributed by atoms with Gasteiger partial charge in [-0.25, -0.2) is 0 Å². The van der Waals surface area contributed by atoms with Crippen LogP contribution in [0.5, 0.6) is 0 Å². The van der Waals surface area contributed by atoms with Crippen LogP contribution in [0.1, 0.15) is 31.2 Å². The van der Waals surface area contributed by atoms with E-state index in [1.807, 2.05) is 0 Å². The number of anilines is 1. The van der Waals surface area contributed by atoms with E-state index in [9.17, 15) is 0 Å². The zero-order valence-electron chi connectivity index (χ0n) is 10.3. The number of benzene rings is 1. The Balaban J connectivity index is 0.00000144. The number of nitrogens with zero attached hydrogens (tertiary/aromatic N) is 1. The van der Waals surface area contributed by atoms with Crippen LogP contribution in [0.2, 0.25) is 0 Å². The molecule has 2 N–H and O–H groups in total. The minimum atomic E-state index is 0. The van der Waals surface area contributed by atoms with Gasteiger partial charge in [-0.05, 0) is 54.2 Å². The second kappa shape index (κ2) is 7.93. The van der Waals surface area contributed by atoms with E-state index in [2.05, 4.69) is 51.8 Å². The third-order valence-corrected chi connectivity index (χ3v) is 4.02. The Kier molecular flexibility index (Phi) is 6.89. The Hall–Kier alpha value is -0.290. The molecule has 0 saturated carbocycles. The Morgan fingerprint density at radius 3 is 2.24 bits per heavy atom. The predicted molar refractivity (Wildman–Crippen MR) is 83.3 cm³/mol. The van der Waals surface area contributed by atoms with Crippen LogP contribution in [0.25, 0.3) is 0 Å². The molecule has 17 heavy (non-hydrogen) atoms. The van der Waals surface area contributed by atoms with Crippen molar-refractivity contribution in [2.45, 2.75) is 32.1 Å². The number of alkyl halides is 1. The van der Waals surface area contributed by atoms with Crippen molar-refractivity contribution < 1.29 is 5.48 Å². The number of piperidine rings is 1. The van der Waals surface area contributed by atoms with Crippen molar-refractivity contribution in [3.8, 4) is 0 Å². The van der Waals surface area contributed by atoms with Gasteiger partial charge in [0.2, 0.25) is 0 Å². The van der Waals surface area contributed by atoms with E-state index in [1.165, 1.54) is 60.9 Å². The Morgan fingerprint density at radius 1 is 1.00 bits per heavy atom. The highest BCUT2D eigenvalue weighted by atomic mass is 127. The van der Waals surface area contributed by atoms with Crippen LogP contribution in [-0.4, -0.2) is 23.0 Å². The highest BCUT2D eigenvalue weighted by Gasteiger charge is 2.10. The monoisotopic (exact) mass is 347 g/mol. The largest absolute Gasteiger partial charge is 0.412 e. The van der Waals surface area contributed by atoms with Gasteiger partial charge in [0.1, 0.15) is 0 Å². The summed E-state index contributed by atoms with van der Waals surface area (Å²) < 4.78 is 1.26. The van der Waals surface area contributed by atoms with Gasteiger partial charge >= 0.3 is 0 Å². The van der Waals surface area contributed by atoms with E-state index in [0.717, 1.165) is 0 Å². The summed E-state index contributed by atoms with van der Waals surface area (Å²) in [5.74, 6) is 0. The fraction of sp³-hybridized carbons (Fsp3) is 0.571. The molecule has 0 aliphatic carbocycles. The number of halogens is 1. The van der Waals surface area contributed by atoms with E-state index >= 15 is 0 Å². The van der Waals surface area contributed by atoms with Crippen molar-refractivity contribution in [2.24, 2.45) is 0 Å². The van der Waals surface area contributed by atoms with Crippen molar-refractivity contribution in [1.29, 1.82) is 0 Å². The second-order valence-corrected chi connectivity index (χ2v) is 5.59. The van der Waals surface area contributed by atoms with Crippen molar-refractivity contribution >= 4 is 28.3 Å². The first-order valence-electron chi connectivity index (χ1n) is 6.30. The summed E-state index contributed by atoms with van der Waals surface area (Å²) >= 11 is 2.45. The molecule has 96 valence electrons. The van der Waals surface area contributed by atoms with E-state index in [4.69, 9.17) is 0 Å². The number of aryl methyl sites for hydroxylation is 1. The van der Waals surface area contributed by atoms with Gasteiger partial charge in [0, 0.05) is 18.8 Å². The molecule has 0 aromatic heterocycles. The SMILES string of the molecule is ICCCc1ccc(N2CCCCC2)cc1.O. The van der Waals surface area contributed by atoms with Gasteiger partial charge < -0.3 is 10.4 Å². The smallest absolute Gasteiger partial charge is 0.0366 e. The molecule has 2 nitrogen and oxygen atoms in total. The van der Waals surface area contributed by atoms with E-state index in [-0.39, 0.29) is 5.48 Å². The Bertz CT molecular complexity index is 307. The summed E-state index contributed by atoms with van der Waals surface area (Å²) in [4.78, 5) is 2.52. The molecule has 1 heterocycles. The zero-order valence-corrected chi connectivity index (χ0v) is 12.4. The lowest BCUT2D eigenvalue weighted by molar-refractivity contribution is 0.578. The van der Waals surface area contributed by atoms with Gasteiger partial charge in [-0.3, -0.25) is 0 Å². The molecular formula is C14H22INO. The maximum atomic E-state index is 2.52. The lowest BCUT2D eigenvalue weighted by Crippen LogP contribution is -2.29. The summed E-state index contributed by atoms with van der Waals surface area (Å²) in [6.07, 6.45) is 6.64. The Morgan fingerprint density at radius 2 is 1.65 bits per heavy atom. The van der Waals surface area contributed by atoms with Gasteiger partial charge in [0.15, 0.2) is 0 Å². The van der Waals surface area contributed by atoms with Gasteiger partial charge in [0.25, 0.3) is 0 Å². The molecule has 3 heteroatoms. The van der Waals surface area contributed by atoms with Crippen LogP contribution >= 0.6 is 22.6 Å². The summed E-state index contributed by atoms with van der Waals surface area (Å²) in [6.45, 7) is 2.49. The summed E-state index contributed by atoms with van der Waals surface area (Å²) in [7, 11) is 0. The van der Waals surface area contributed by atoms with E-state index in [0.29, 0.717) is 0 Å². The third kappa shape index (κ3) is 4.47. The average Bonchev–Trinajstić information content (AvgIpc) is 2.38. The standard InChI is InChI=1S/C14H20IN.H2O/c15-10-4-5-13-6-8-14(9-7-13)16-11-2-1-3-12-16;/h6-9H,1-5,10-12H2;1H2. The molecule has 0 radical (unpaired) electrons. The average molecular weight is 347 g/mol. The molecule has 1 saturated heterocycles. The van der Waals surface area contributed by atoms with Gasteiger partial charge in [-0.15, -0.1) is 0 Å². The molecule has 1 aliphatic heterocycles. The highest BCUT2D eigenvalue weighted by Crippen LogP contribution is 2.20. The number of hydrogen-bond acceptors (Lipinski definition) is 1. The van der Waals surface area contributed by atoms with Gasteiger partial charge in [-0.1, -0.05) is 34.7 Å². The third-order valence-electron chi connectivity index (χ3n) is 3.26. The highest BCUT2D eigenvalue weighted by molar-refractivity contribution is 14.1. The van der Waals surface area contributed by atoms with Crippen LogP contribution in [0.4, 0.5) is 5.69 Å². The Labute approximate surface area is 118 Å². The van der Waals surface area contributed by atoms with E-state index in [1.54, 1.807) is 0 Å². The lowest BCUT2D eigenvalue weighted by Gasteiger charge is -2.28. The molecule has 0 atom stereocenters. The second-order valence-electron chi connectivity index (χ2n) is 4.51. The first kappa shape index (κ1) is 14.8. The zero-order chi connectivity index (χ0) is 11.2. The molecule has 1 aromatic rings. The lowest BCUT2D eigenvalue weighted by atomic mass is 10.1. The minimum Gasteiger partial charge on any atom is -0.412 e. The maximum Gasteiger partial charge on any atom is 0.0366 e. The number of hydrogen-bond donors (Lipinski definition) is 0. The summed E-state index contributed by atoms with van der Waals surface area (Å²) in [5, 5.41) is 0. The topological polar surface area (TPSA) is 34.7 Å². The molecule has 1 fully saturated rings. The molecule has 0 unspecified atom stereocenters. The van der Waals surface area contributed by atoms with Crippen LogP contribution in [0.15, 0.2) is 24.3 Å². The molecular weight excluding hydrogens is 325 g/mol. The van der Waals surface area contributed by atoms with Crippen LogP contribution < -0.4 is 4.90 Å². The molecule has 0 spiro atoms. The minimum absolute atomic E-state index is 0. The molecule has 0 bridgehead atoms. The fourth-order valence-electron chi connectivity index (χ4n) is 2.30. The first-order valence-corrected chi connectivity index (χ1v) is 7.82. The van der Waals surface area contributed by atoms with Crippen molar-refractivity contribution in [3.63, 3.8) is 0 Å². The number of rotatable bonds is 4.